The van der Waals surface area contributed by atoms with Gasteiger partial charge in [-0.25, -0.2) is 13.1 Å². The molecule has 1 heterocycles. The van der Waals surface area contributed by atoms with Gasteiger partial charge in [0.2, 0.25) is 10.0 Å². The van der Waals surface area contributed by atoms with Crippen molar-refractivity contribution in [3.05, 3.63) is 46.3 Å². The number of hydrogen-bond donors (Lipinski definition) is 1. The van der Waals surface area contributed by atoms with Crippen LogP contribution in [0.25, 0.3) is 0 Å². The van der Waals surface area contributed by atoms with Crippen molar-refractivity contribution in [2.45, 2.75) is 24.8 Å². The number of nitrogens with one attached hydrogen (secondary N) is 1. The third kappa shape index (κ3) is 3.66. The van der Waals surface area contributed by atoms with Crippen LogP contribution < -0.4 is 9.46 Å². The predicted octanol–water partition coefficient (Wildman–Crippen LogP) is 3.40. The number of methoxy groups -OCH3 is 1. The van der Waals surface area contributed by atoms with E-state index in [1.165, 1.54) is 19.2 Å². The smallest absolute Gasteiger partial charge is 0.241 e. The summed E-state index contributed by atoms with van der Waals surface area (Å²) < 4.78 is 38.4. The van der Waals surface area contributed by atoms with Crippen molar-refractivity contribution >= 4 is 26.0 Å². The molecule has 2 aromatic rings. The molecule has 7 heteroatoms. The van der Waals surface area contributed by atoms with Crippen molar-refractivity contribution in [3.8, 4) is 5.75 Å². The zero-order valence-corrected chi connectivity index (χ0v) is 14.3. The molecule has 0 aliphatic carbocycles. The van der Waals surface area contributed by atoms with Crippen LogP contribution in [0.5, 0.6) is 5.75 Å². The highest BCUT2D eigenvalue weighted by Gasteiger charge is 2.21. The van der Waals surface area contributed by atoms with E-state index in [1.807, 2.05) is 6.92 Å². The topological polar surface area (TPSA) is 68.5 Å². The summed E-state index contributed by atoms with van der Waals surface area (Å²) in [4.78, 5) is 0.158. The molecular formula is C14H16BrNO4S. The zero-order chi connectivity index (χ0) is 15.6. The van der Waals surface area contributed by atoms with E-state index < -0.39 is 16.1 Å². The number of furan rings is 1. The van der Waals surface area contributed by atoms with Gasteiger partial charge in [0.05, 0.1) is 22.5 Å². The van der Waals surface area contributed by atoms with E-state index in [9.17, 15) is 8.42 Å². The largest absolute Gasteiger partial charge is 0.496 e. The maximum Gasteiger partial charge on any atom is 0.241 e. The van der Waals surface area contributed by atoms with Gasteiger partial charge in [-0.15, -0.1) is 0 Å². The minimum absolute atomic E-state index is 0.158. The van der Waals surface area contributed by atoms with Gasteiger partial charge in [0.1, 0.15) is 17.3 Å². The molecule has 1 atom stereocenters. The molecule has 5 nitrogen and oxygen atoms in total. The molecule has 21 heavy (non-hydrogen) atoms. The van der Waals surface area contributed by atoms with Gasteiger partial charge >= 0.3 is 0 Å². The molecule has 0 saturated carbocycles. The number of aryl methyl sites for hydroxylation is 1. The summed E-state index contributed by atoms with van der Waals surface area (Å²) in [5.41, 5.74) is 0. The lowest BCUT2D eigenvalue weighted by atomic mass is 10.3. The zero-order valence-electron chi connectivity index (χ0n) is 11.9. The molecule has 2 rings (SSSR count). The number of sulfonamides is 1. The Bertz CT molecular complexity index is 739. The highest BCUT2D eigenvalue weighted by atomic mass is 79.9. The van der Waals surface area contributed by atoms with E-state index in [0.717, 1.165) is 5.76 Å². The number of rotatable bonds is 5. The van der Waals surface area contributed by atoms with Crippen LogP contribution in [0.3, 0.4) is 0 Å². The molecule has 0 fully saturated rings. The Morgan fingerprint density at radius 2 is 2.00 bits per heavy atom. The van der Waals surface area contributed by atoms with E-state index in [-0.39, 0.29) is 4.90 Å². The third-order valence-electron chi connectivity index (χ3n) is 2.95. The Hall–Kier alpha value is -1.31. The second-order valence-electron chi connectivity index (χ2n) is 4.59. The second-order valence-corrected chi connectivity index (χ2v) is 7.16. The second kappa shape index (κ2) is 6.21. The van der Waals surface area contributed by atoms with Gasteiger partial charge in [-0.1, -0.05) is 0 Å². The summed E-state index contributed by atoms with van der Waals surface area (Å²) in [7, 11) is -2.12. The Labute approximate surface area is 132 Å². The van der Waals surface area contributed by atoms with Crippen molar-refractivity contribution in [3.63, 3.8) is 0 Å². The minimum Gasteiger partial charge on any atom is -0.496 e. The molecule has 0 bridgehead atoms. The lowest BCUT2D eigenvalue weighted by molar-refractivity contribution is 0.411. The number of benzene rings is 1. The number of halogens is 1. The first-order valence-electron chi connectivity index (χ1n) is 6.25. The highest BCUT2D eigenvalue weighted by Crippen LogP contribution is 2.28. The van der Waals surface area contributed by atoms with Crippen LogP contribution in [0.4, 0.5) is 0 Å². The first-order valence-corrected chi connectivity index (χ1v) is 8.53. The number of ether oxygens (including phenoxy) is 1. The average Bonchev–Trinajstić information content (AvgIpc) is 2.85. The average molecular weight is 374 g/mol. The molecular weight excluding hydrogens is 358 g/mol. The molecule has 0 radical (unpaired) electrons. The van der Waals surface area contributed by atoms with Crippen molar-refractivity contribution in [1.82, 2.24) is 4.72 Å². The first-order chi connectivity index (χ1) is 9.83. The fourth-order valence-corrected chi connectivity index (χ4v) is 3.79. The van der Waals surface area contributed by atoms with Gasteiger partial charge in [-0.2, -0.15) is 0 Å². The highest BCUT2D eigenvalue weighted by molar-refractivity contribution is 9.10. The summed E-state index contributed by atoms with van der Waals surface area (Å²) >= 11 is 3.28. The molecule has 1 N–H and O–H groups in total. The van der Waals surface area contributed by atoms with Crippen LogP contribution in [0.2, 0.25) is 0 Å². The van der Waals surface area contributed by atoms with E-state index in [4.69, 9.17) is 9.15 Å². The Morgan fingerprint density at radius 1 is 1.29 bits per heavy atom. The summed E-state index contributed by atoms with van der Waals surface area (Å²) in [6, 6.07) is 7.69. The summed E-state index contributed by atoms with van der Waals surface area (Å²) in [5, 5.41) is 0. The van der Waals surface area contributed by atoms with Gasteiger partial charge in [-0.05, 0) is 60.1 Å². The maximum atomic E-state index is 12.4. The lowest BCUT2D eigenvalue weighted by Crippen LogP contribution is -2.26. The summed E-state index contributed by atoms with van der Waals surface area (Å²) in [6.07, 6.45) is 0. The van der Waals surface area contributed by atoms with Crippen LogP contribution in [0.1, 0.15) is 24.5 Å². The fourth-order valence-electron chi connectivity index (χ4n) is 1.86. The quantitative estimate of drug-likeness (QED) is 0.871. The fraction of sp³-hybridized carbons (Fsp3) is 0.286. The SMILES string of the molecule is COc1ccc(S(=O)(=O)N[C@@H](C)c2ccc(C)o2)cc1Br. The van der Waals surface area contributed by atoms with Gasteiger partial charge in [-0.3, -0.25) is 0 Å². The molecule has 0 unspecified atom stereocenters. The van der Waals surface area contributed by atoms with Crippen molar-refractivity contribution in [2.75, 3.05) is 7.11 Å². The Kier molecular flexibility index (Phi) is 4.75. The molecule has 0 aliphatic heterocycles. The van der Waals surface area contributed by atoms with Crippen LogP contribution in [-0.2, 0) is 10.0 Å². The van der Waals surface area contributed by atoms with Gasteiger partial charge in [0, 0.05) is 0 Å². The van der Waals surface area contributed by atoms with Crippen LogP contribution in [0, 0.1) is 6.92 Å². The van der Waals surface area contributed by atoms with E-state index in [0.29, 0.717) is 16.0 Å². The standard InChI is InChI=1S/C14H16BrNO4S/c1-9-4-6-13(20-9)10(2)16-21(17,18)11-5-7-14(19-3)12(15)8-11/h4-8,10,16H,1-3H3/t10-/m0/s1. The molecule has 0 saturated heterocycles. The summed E-state index contributed by atoms with van der Waals surface area (Å²) in [6.45, 7) is 3.54. The monoisotopic (exact) mass is 373 g/mol. The van der Waals surface area contributed by atoms with E-state index in [2.05, 4.69) is 20.7 Å². The van der Waals surface area contributed by atoms with Crippen LogP contribution >= 0.6 is 15.9 Å². The van der Waals surface area contributed by atoms with E-state index in [1.54, 1.807) is 25.1 Å². The van der Waals surface area contributed by atoms with E-state index >= 15 is 0 Å². The first kappa shape index (κ1) is 16.1. The van der Waals surface area contributed by atoms with Gasteiger partial charge < -0.3 is 9.15 Å². The normalized spacial score (nSPS) is 13.1. The molecule has 114 valence electrons. The Morgan fingerprint density at radius 3 is 2.52 bits per heavy atom. The number of hydrogen-bond acceptors (Lipinski definition) is 4. The van der Waals surface area contributed by atoms with Gasteiger partial charge in [0.25, 0.3) is 0 Å². The maximum absolute atomic E-state index is 12.4. The van der Waals surface area contributed by atoms with Crippen LogP contribution in [0.15, 0.2) is 44.1 Å². The van der Waals surface area contributed by atoms with Crippen molar-refractivity contribution < 1.29 is 17.6 Å². The molecule has 0 aliphatic rings. The Balaban J connectivity index is 2.24. The van der Waals surface area contributed by atoms with Crippen molar-refractivity contribution in [1.29, 1.82) is 0 Å². The molecule has 1 aromatic carbocycles. The molecule has 0 amide bonds. The van der Waals surface area contributed by atoms with Crippen LogP contribution in [-0.4, -0.2) is 15.5 Å². The van der Waals surface area contributed by atoms with Gasteiger partial charge in [0.15, 0.2) is 0 Å². The summed E-state index contributed by atoms with van der Waals surface area (Å²) in [5.74, 6) is 1.88. The predicted molar refractivity (Wildman–Crippen MR) is 82.9 cm³/mol. The molecule has 0 spiro atoms. The van der Waals surface area contributed by atoms with Crippen molar-refractivity contribution in [2.24, 2.45) is 0 Å². The minimum atomic E-state index is -3.64. The molecule has 1 aromatic heterocycles. The third-order valence-corrected chi connectivity index (χ3v) is 5.11. The lowest BCUT2D eigenvalue weighted by Gasteiger charge is -2.13.